The number of rotatable bonds is 6. The Morgan fingerprint density at radius 3 is 2.41 bits per heavy atom. The summed E-state index contributed by atoms with van der Waals surface area (Å²) in [6, 6.07) is 12.5. The molecular formula is C23H28N2O4. The molecule has 1 aromatic heterocycles. The zero-order valence-corrected chi connectivity index (χ0v) is 17.5. The van der Waals surface area contributed by atoms with Crippen LogP contribution < -0.4 is 15.2 Å². The second-order valence-electron chi connectivity index (χ2n) is 7.93. The van der Waals surface area contributed by atoms with Gasteiger partial charge in [0.25, 0.3) is 0 Å². The minimum Gasteiger partial charge on any atom is -0.497 e. The van der Waals surface area contributed by atoms with Crippen LogP contribution in [0.1, 0.15) is 37.8 Å². The molecule has 0 bridgehead atoms. The zero-order chi connectivity index (χ0) is 21.2. The van der Waals surface area contributed by atoms with Crippen molar-refractivity contribution in [1.29, 1.82) is 0 Å². The zero-order valence-electron chi connectivity index (χ0n) is 17.5. The number of carbonyl (C=O) groups excluding carboxylic acids is 1. The van der Waals surface area contributed by atoms with Crippen LogP contribution in [0.25, 0.3) is 10.9 Å². The number of aromatic amines is 1. The third-order valence-electron chi connectivity index (χ3n) is 4.77. The molecule has 0 aliphatic heterocycles. The summed E-state index contributed by atoms with van der Waals surface area (Å²) < 4.78 is 16.6. The summed E-state index contributed by atoms with van der Waals surface area (Å²) in [5.41, 5.74) is 8.49. The predicted molar refractivity (Wildman–Crippen MR) is 114 cm³/mol. The Morgan fingerprint density at radius 2 is 1.76 bits per heavy atom. The lowest BCUT2D eigenvalue weighted by molar-refractivity contribution is -0.156. The van der Waals surface area contributed by atoms with Crippen LogP contribution in [0, 0.1) is 0 Å². The van der Waals surface area contributed by atoms with Crippen LogP contribution in [0.5, 0.6) is 11.5 Å². The molecule has 3 aromatic rings. The summed E-state index contributed by atoms with van der Waals surface area (Å²) in [6.45, 7) is 5.47. The summed E-state index contributed by atoms with van der Waals surface area (Å²) in [6.07, 6.45) is 1.89. The molecule has 0 saturated carbocycles. The topological polar surface area (TPSA) is 86.6 Å². The number of fused-ring (bicyclic) bond motifs is 1. The number of esters is 1. The molecule has 2 atom stereocenters. The van der Waals surface area contributed by atoms with E-state index in [0.717, 1.165) is 22.0 Å². The Labute approximate surface area is 171 Å². The second-order valence-corrected chi connectivity index (χ2v) is 7.93. The molecule has 2 aromatic carbocycles. The van der Waals surface area contributed by atoms with Gasteiger partial charge in [-0.15, -0.1) is 0 Å². The molecule has 0 unspecified atom stereocenters. The van der Waals surface area contributed by atoms with Gasteiger partial charge < -0.3 is 24.9 Å². The van der Waals surface area contributed by atoms with E-state index in [0.29, 0.717) is 11.5 Å². The van der Waals surface area contributed by atoms with E-state index in [1.807, 2.05) is 69.4 Å². The number of aromatic nitrogens is 1. The quantitative estimate of drug-likeness (QED) is 0.616. The second kappa shape index (κ2) is 8.17. The highest BCUT2D eigenvalue weighted by Gasteiger charge is 2.34. The van der Waals surface area contributed by atoms with Crippen molar-refractivity contribution in [2.45, 2.75) is 38.3 Å². The van der Waals surface area contributed by atoms with Gasteiger partial charge in [0.1, 0.15) is 23.1 Å². The molecule has 3 N–H and O–H groups in total. The first kappa shape index (κ1) is 20.7. The van der Waals surface area contributed by atoms with Crippen molar-refractivity contribution in [3.8, 4) is 11.5 Å². The van der Waals surface area contributed by atoms with Gasteiger partial charge >= 0.3 is 5.97 Å². The average Bonchev–Trinajstić information content (AvgIpc) is 3.10. The Hall–Kier alpha value is -2.99. The van der Waals surface area contributed by atoms with Gasteiger partial charge in [0.2, 0.25) is 0 Å². The number of ether oxygens (including phenoxy) is 3. The van der Waals surface area contributed by atoms with Crippen LogP contribution >= 0.6 is 0 Å². The fourth-order valence-electron chi connectivity index (χ4n) is 3.49. The average molecular weight is 396 g/mol. The molecule has 154 valence electrons. The van der Waals surface area contributed by atoms with Crippen molar-refractivity contribution in [1.82, 2.24) is 4.98 Å². The molecule has 6 nitrogen and oxygen atoms in total. The van der Waals surface area contributed by atoms with Gasteiger partial charge in [-0.25, -0.2) is 0 Å². The minimum absolute atomic E-state index is 0.474. The number of carbonyl (C=O) groups is 1. The van der Waals surface area contributed by atoms with E-state index in [4.69, 9.17) is 19.9 Å². The minimum atomic E-state index is -0.936. The van der Waals surface area contributed by atoms with Crippen LogP contribution in [0.2, 0.25) is 0 Å². The monoisotopic (exact) mass is 396 g/mol. The van der Waals surface area contributed by atoms with Gasteiger partial charge in [0.05, 0.1) is 14.2 Å². The number of benzene rings is 2. The van der Waals surface area contributed by atoms with Crippen molar-refractivity contribution < 1.29 is 19.0 Å². The fraction of sp³-hybridized carbons (Fsp3) is 0.348. The maximum atomic E-state index is 12.9. The standard InChI is InChI=1S/C23H28N2O4/c1-23(2,3)29-22(26)21(24)20(16-12-14(27-4)10-11-19(16)28-5)17-13-25-18-9-7-6-8-15(17)18/h6-13,20-21,25H,24H2,1-5H3/t20-,21-/m0/s1. The highest BCUT2D eigenvalue weighted by atomic mass is 16.6. The van der Waals surface area contributed by atoms with Crippen LogP contribution in [0.4, 0.5) is 0 Å². The van der Waals surface area contributed by atoms with Crippen molar-refractivity contribution in [3.05, 3.63) is 59.8 Å². The van der Waals surface area contributed by atoms with Gasteiger partial charge in [-0.1, -0.05) is 18.2 Å². The summed E-state index contributed by atoms with van der Waals surface area (Å²) >= 11 is 0. The predicted octanol–water partition coefficient (Wildman–Crippen LogP) is 3.99. The number of methoxy groups -OCH3 is 2. The van der Waals surface area contributed by atoms with Crippen molar-refractivity contribution in [2.24, 2.45) is 5.73 Å². The Balaban J connectivity index is 2.18. The van der Waals surface area contributed by atoms with E-state index in [1.54, 1.807) is 14.2 Å². The van der Waals surface area contributed by atoms with E-state index in [-0.39, 0.29) is 0 Å². The molecule has 6 heteroatoms. The molecule has 0 spiro atoms. The lowest BCUT2D eigenvalue weighted by atomic mass is 9.84. The van der Waals surface area contributed by atoms with E-state index in [1.165, 1.54) is 0 Å². The van der Waals surface area contributed by atoms with Gasteiger partial charge in [0, 0.05) is 28.6 Å². The smallest absolute Gasteiger partial charge is 0.324 e. The molecule has 0 saturated heterocycles. The molecule has 0 fully saturated rings. The van der Waals surface area contributed by atoms with Gasteiger partial charge in [0.15, 0.2) is 0 Å². The first-order valence-corrected chi connectivity index (χ1v) is 9.51. The maximum absolute atomic E-state index is 12.9. The molecule has 0 amide bonds. The third kappa shape index (κ3) is 4.38. The van der Waals surface area contributed by atoms with Gasteiger partial charge in [-0.3, -0.25) is 4.79 Å². The van der Waals surface area contributed by atoms with E-state index >= 15 is 0 Å². The van der Waals surface area contributed by atoms with Crippen LogP contribution in [0.3, 0.4) is 0 Å². The SMILES string of the molecule is COc1ccc(OC)c([C@@H](c2c[nH]c3ccccc23)[C@H](N)C(=O)OC(C)(C)C)c1. The normalized spacial score (nSPS) is 13.7. The molecule has 29 heavy (non-hydrogen) atoms. The summed E-state index contributed by atoms with van der Waals surface area (Å²) in [7, 11) is 3.19. The largest absolute Gasteiger partial charge is 0.497 e. The Morgan fingerprint density at radius 1 is 1.03 bits per heavy atom. The van der Waals surface area contributed by atoms with Crippen LogP contribution in [-0.4, -0.2) is 36.8 Å². The number of nitrogens with one attached hydrogen (secondary N) is 1. The van der Waals surface area contributed by atoms with Gasteiger partial charge in [-0.2, -0.15) is 0 Å². The van der Waals surface area contributed by atoms with Gasteiger partial charge in [-0.05, 0) is 50.6 Å². The first-order chi connectivity index (χ1) is 13.7. The summed E-state index contributed by atoms with van der Waals surface area (Å²) in [5.74, 6) is 0.311. The Kier molecular flexibility index (Phi) is 5.84. The number of hydrogen-bond donors (Lipinski definition) is 2. The number of para-hydroxylation sites is 1. The number of hydrogen-bond acceptors (Lipinski definition) is 5. The molecule has 1 heterocycles. The van der Waals surface area contributed by atoms with Crippen molar-refractivity contribution in [3.63, 3.8) is 0 Å². The number of nitrogens with two attached hydrogens (primary N) is 1. The van der Waals surface area contributed by atoms with Crippen LogP contribution in [-0.2, 0) is 9.53 Å². The number of H-pyrrole nitrogens is 1. The molecule has 0 radical (unpaired) electrons. The lowest BCUT2D eigenvalue weighted by Crippen LogP contribution is -2.42. The molecule has 3 rings (SSSR count). The van der Waals surface area contributed by atoms with Crippen molar-refractivity contribution >= 4 is 16.9 Å². The third-order valence-corrected chi connectivity index (χ3v) is 4.77. The van der Waals surface area contributed by atoms with E-state index in [9.17, 15) is 4.79 Å². The highest BCUT2D eigenvalue weighted by Crippen LogP contribution is 2.39. The van der Waals surface area contributed by atoms with E-state index in [2.05, 4.69) is 4.98 Å². The maximum Gasteiger partial charge on any atom is 0.324 e. The lowest BCUT2D eigenvalue weighted by Gasteiger charge is -2.28. The summed E-state index contributed by atoms with van der Waals surface area (Å²) in [5, 5.41) is 0.987. The van der Waals surface area contributed by atoms with E-state index < -0.39 is 23.5 Å². The summed E-state index contributed by atoms with van der Waals surface area (Å²) in [4.78, 5) is 16.2. The molecule has 0 aliphatic carbocycles. The highest BCUT2D eigenvalue weighted by molar-refractivity contribution is 5.87. The fourth-order valence-corrected chi connectivity index (χ4v) is 3.49. The molecule has 0 aliphatic rings. The molecular weight excluding hydrogens is 368 g/mol. The van der Waals surface area contributed by atoms with Crippen molar-refractivity contribution in [2.75, 3.05) is 14.2 Å². The van der Waals surface area contributed by atoms with Crippen LogP contribution in [0.15, 0.2) is 48.7 Å². The Bertz CT molecular complexity index is 1000. The first-order valence-electron chi connectivity index (χ1n) is 9.51.